The molecule has 30 heavy (non-hydrogen) atoms. The first kappa shape index (κ1) is 18.9. The van der Waals surface area contributed by atoms with Crippen LogP contribution < -0.4 is 14.2 Å². The molecule has 0 bridgehead atoms. The molecule has 0 amide bonds. The van der Waals surface area contributed by atoms with Gasteiger partial charge in [-0.1, -0.05) is 30.3 Å². The number of hydrogen-bond acceptors (Lipinski definition) is 7. The summed E-state index contributed by atoms with van der Waals surface area (Å²) in [5.74, 6) is 2.08. The summed E-state index contributed by atoms with van der Waals surface area (Å²) in [7, 11) is 0. The summed E-state index contributed by atoms with van der Waals surface area (Å²) in [5, 5.41) is 7.81. The molecule has 1 aliphatic heterocycles. The second kappa shape index (κ2) is 7.94. The second-order valence-electron chi connectivity index (χ2n) is 7.24. The standard InChI is InChI=1S/C22H20IN7/c1-13(2)25-20-19-21(30-23-29-19)28-22(27-20)26-15-8-9-18-17(12-15)16(10-11-24-18)14-6-4-3-5-7-14/h3-13H,1-2H3,(H3,25,26,27,28,29,30). The lowest BCUT2D eigenvalue weighted by molar-refractivity contribution is 0.888. The van der Waals surface area contributed by atoms with Crippen molar-refractivity contribution in [2.45, 2.75) is 19.9 Å². The van der Waals surface area contributed by atoms with Crippen molar-refractivity contribution < 1.29 is 0 Å². The molecular formula is C22H20IN7. The van der Waals surface area contributed by atoms with Gasteiger partial charge in [0.15, 0.2) is 17.3 Å². The highest BCUT2D eigenvalue weighted by Gasteiger charge is 2.18. The summed E-state index contributed by atoms with van der Waals surface area (Å²) in [4.78, 5) is 13.8. The van der Waals surface area contributed by atoms with E-state index < -0.39 is 21.3 Å². The Morgan fingerprint density at radius 3 is 2.70 bits per heavy atom. The molecule has 0 saturated carbocycles. The van der Waals surface area contributed by atoms with Gasteiger partial charge in [-0.15, -0.1) is 0 Å². The molecule has 0 spiro atoms. The van der Waals surface area contributed by atoms with E-state index in [0.717, 1.165) is 45.0 Å². The fourth-order valence-corrected chi connectivity index (χ4v) is 4.78. The van der Waals surface area contributed by atoms with Crippen LogP contribution in [-0.2, 0) is 0 Å². The molecule has 0 fully saturated rings. The molecule has 150 valence electrons. The number of anilines is 4. The van der Waals surface area contributed by atoms with Gasteiger partial charge in [-0.05, 0) is 49.2 Å². The van der Waals surface area contributed by atoms with Crippen LogP contribution in [-0.4, -0.2) is 21.0 Å². The van der Waals surface area contributed by atoms with Crippen LogP contribution in [0.25, 0.3) is 22.0 Å². The molecular weight excluding hydrogens is 489 g/mol. The molecule has 7 nitrogen and oxygen atoms in total. The largest absolute Gasteiger partial charge is 0.366 e. The van der Waals surface area contributed by atoms with Crippen molar-refractivity contribution in [3.8, 4) is 11.1 Å². The molecule has 5 rings (SSSR count). The molecule has 0 unspecified atom stereocenters. The topological polar surface area (TPSA) is 87.1 Å². The van der Waals surface area contributed by atoms with E-state index in [1.807, 2.05) is 42.6 Å². The summed E-state index contributed by atoms with van der Waals surface area (Å²) in [6.45, 7) is 4.17. The number of benzene rings is 2. The van der Waals surface area contributed by atoms with E-state index >= 15 is 0 Å². The third-order valence-corrected chi connectivity index (χ3v) is 6.13. The summed E-state index contributed by atoms with van der Waals surface area (Å²) in [5.41, 5.74) is 4.99. The molecule has 8 heteroatoms. The molecule has 3 heterocycles. The zero-order valence-electron chi connectivity index (χ0n) is 16.5. The van der Waals surface area contributed by atoms with Gasteiger partial charge in [-0.3, -0.25) is 4.98 Å². The number of pyridine rings is 1. The van der Waals surface area contributed by atoms with Crippen LogP contribution >= 0.6 is 21.3 Å². The third-order valence-electron chi connectivity index (χ3n) is 4.65. The third kappa shape index (κ3) is 3.70. The first-order chi connectivity index (χ1) is 14.7. The van der Waals surface area contributed by atoms with E-state index in [2.05, 4.69) is 64.3 Å². The highest BCUT2D eigenvalue weighted by atomic mass is 127. The van der Waals surface area contributed by atoms with E-state index in [1.165, 1.54) is 0 Å². The normalized spacial score (nSPS) is 12.4. The van der Waals surface area contributed by atoms with Gasteiger partial charge in [-0.25, -0.2) is 0 Å². The number of halogens is 1. The smallest absolute Gasteiger partial charge is 0.231 e. The maximum absolute atomic E-state index is 4.68. The van der Waals surface area contributed by atoms with Crippen molar-refractivity contribution in [3.05, 3.63) is 60.8 Å². The van der Waals surface area contributed by atoms with Crippen molar-refractivity contribution in [2.75, 3.05) is 14.2 Å². The predicted octanol–water partition coefficient (Wildman–Crippen LogP) is 6.38. The van der Waals surface area contributed by atoms with Crippen LogP contribution in [0.1, 0.15) is 13.8 Å². The van der Waals surface area contributed by atoms with Crippen LogP contribution in [0, 0.1) is 0 Å². The zero-order chi connectivity index (χ0) is 20.5. The quantitative estimate of drug-likeness (QED) is 0.214. The van der Waals surface area contributed by atoms with Crippen LogP contribution in [0.3, 0.4) is 0 Å². The molecule has 2 aromatic carbocycles. The fourth-order valence-electron chi connectivity index (χ4n) is 3.36. The highest BCUT2D eigenvalue weighted by Crippen LogP contribution is 2.41. The van der Waals surface area contributed by atoms with Gasteiger partial charge in [0, 0.05) is 23.3 Å². The summed E-state index contributed by atoms with van der Waals surface area (Å²) in [6, 6.07) is 18.8. The molecule has 2 aromatic heterocycles. The maximum Gasteiger partial charge on any atom is 0.231 e. The Balaban J connectivity index is 1.54. The number of nitrogens with zero attached hydrogens (tertiary/aromatic N) is 4. The Hall–Kier alpha value is -3.14. The van der Waals surface area contributed by atoms with Crippen molar-refractivity contribution in [3.63, 3.8) is 0 Å². The first-order valence-electron chi connectivity index (χ1n) is 9.67. The van der Waals surface area contributed by atoms with Gasteiger partial charge >= 0.3 is 0 Å². The number of nitrogens with one attached hydrogen (secondary N) is 3. The Morgan fingerprint density at radius 1 is 1.00 bits per heavy atom. The summed E-state index contributed by atoms with van der Waals surface area (Å²) < 4.78 is 7.86. The molecule has 0 radical (unpaired) electrons. The minimum atomic E-state index is -0.462. The molecule has 3 N–H and O–H groups in total. The molecule has 4 aromatic rings. The Morgan fingerprint density at radius 2 is 1.87 bits per heavy atom. The van der Waals surface area contributed by atoms with E-state index in [1.54, 1.807) is 0 Å². The number of fused-ring (bicyclic) bond motifs is 2. The highest BCUT2D eigenvalue weighted by molar-refractivity contribution is 14.2. The van der Waals surface area contributed by atoms with Gasteiger partial charge in [0.25, 0.3) is 0 Å². The van der Waals surface area contributed by atoms with Crippen LogP contribution in [0.4, 0.5) is 29.0 Å². The van der Waals surface area contributed by atoms with Crippen LogP contribution in [0.5, 0.6) is 0 Å². The average Bonchev–Trinajstić information content (AvgIpc) is 3.22. The minimum Gasteiger partial charge on any atom is -0.366 e. The predicted molar refractivity (Wildman–Crippen MR) is 131 cm³/mol. The van der Waals surface area contributed by atoms with E-state index in [-0.39, 0.29) is 6.04 Å². The van der Waals surface area contributed by atoms with Crippen LogP contribution in [0.2, 0.25) is 0 Å². The van der Waals surface area contributed by atoms with Gasteiger partial charge < -0.3 is 14.2 Å². The van der Waals surface area contributed by atoms with E-state index in [9.17, 15) is 0 Å². The monoisotopic (exact) mass is 509 g/mol. The second-order valence-corrected chi connectivity index (χ2v) is 8.74. The van der Waals surface area contributed by atoms with Crippen molar-refractivity contribution in [2.24, 2.45) is 3.15 Å². The van der Waals surface area contributed by atoms with Crippen molar-refractivity contribution in [1.82, 2.24) is 15.0 Å². The lowest BCUT2D eigenvalue weighted by Gasteiger charge is -2.14. The molecule has 0 atom stereocenters. The zero-order valence-corrected chi connectivity index (χ0v) is 18.7. The summed E-state index contributed by atoms with van der Waals surface area (Å²) >= 11 is -0.462. The Labute approximate surface area is 184 Å². The summed E-state index contributed by atoms with van der Waals surface area (Å²) in [6.07, 6.45) is 1.85. The van der Waals surface area contributed by atoms with Gasteiger partial charge in [0.05, 0.1) is 5.52 Å². The number of hydrogen-bond donors (Lipinski definition) is 3. The van der Waals surface area contributed by atoms with E-state index in [4.69, 9.17) is 0 Å². The van der Waals surface area contributed by atoms with E-state index in [0.29, 0.717) is 5.95 Å². The Kier molecular flexibility index (Phi) is 4.99. The van der Waals surface area contributed by atoms with Gasteiger partial charge in [0.1, 0.15) is 21.3 Å². The van der Waals surface area contributed by atoms with Crippen molar-refractivity contribution in [1.29, 1.82) is 0 Å². The number of rotatable bonds is 5. The average molecular weight is 509 g/mol. The number of aromatic nitrogens is 3. The SMILES string of the molecule is CC(C)Nc1nc(Nc2ccc3nccc(-c4ccccc4)c3c2)nc2c1N=IN2. The molecule has 1 aliphatic rings. The Bertz CT molecular complexity index is 1260. The molecule has 0 aliphatic carbocycles. The van der Waals surface area contributed by atoms with Crippen LogP contribution in [0.15, 0.2) is 63.9 Å². The van der Waals surface area contributed by atoms with Gasteiger partial charge in [0.2, 0.25) is 5.95 Å². The minimum absolute atomic E-state index is 0.256. The lowest BCUT2D eigenvalue weighted by Crippen LogP contribution is -2.12. The maximum atomic E-state index is 4.68. The van der Waals surface area contributed by atoms with Crippen molar-refractivity contribution >= 4 is 61.2 Å². The first-order valence-corrected chi connectivity index (χ1v) is 11.7. The van der Waals surface area contributed by atoms with Gasteiger partial charge in [-0.2, -0.15) is 13.1 Å². The molecule has 0 saturated heterocycles. The fraction of sp³-hybridized carbons (Fsp3) is 0.136. The lowest BCUT2D eigenvalue weighted by atomic mass is 10.0.